The maximum atomic E-state index is 2.47. The van der Waals surface area contributed by atoms with Gasteiger partial charge in [-0.15, -0.1) is 0 Å². The van der Waals surface area contributed by atoms with Gasteiger partial charge < -0.3 is 24.8 Å². The minimum absolute atomic E-state index is 0. The Kier molecular flexibility index (Phi) is 6.46. The number of fused-ring (bicyclic) bond motifs is 2. The number of rotatable bonds is 2. The number of halogens is 2. The van der Waals surface area contributed by atoms with E-state index in [0.29, 0.717) is 10.5 Å². The van der Waals surface area contributed by atoms with Crippen LogP contribution in [0.3, 0.4) is 0 Å². The minimum Gasteiger partial charge on any atom is -1.00 e. The van der Waals surface area contributed by atoms with E-state index in [0.717, 1.165) is 0 Å². The molecule has 4 aliphatic rings. The standard InChI is InChI=1S/2C9H9S.2ClH.Zr/c2*1-6-5-8-3-4-10-9(8)7(6)2;;;/h2*4-5,9H,1-2H3;2*1H;/q;;;;+2/p-2. The Hall–Kier alpha value is 0.603. The van der Waals surface area contributed by atoms with E-state index in [4.69, 9.17) is 0 Å². The first-order valence-electron chi connectivity index (χ1n) is 7.33. The fourth-order valence-corrected chi connectivity index (χ4v) is 10.5. The van der Waals surface area contributed by atoms with Gasteiger partial charge in [0.15, 0.2) is 0 Å². The molecule has 120 valence electrons. The number of thioether (sulfide) groups is 2. The summed E-state index contributed by atoms with van der Waals surface area (Å²) in [5.74, 6) is 0. The molecule has 0 saturated heterocycles. The van der Waals surface area contributed by atoms with Crippen molar-refractivity contribution in [3.8, 4) is 0 Å². The zero-order valence-electron chi connectivity index (χ0n) is 13.5. The third-order valence-electron chi connectivity index (χ3n) is 4.87. The molecular weight excluding hydrogens is 442 g/mol. The Morgan fingerprint density at radius 3 is 1.52 bits per heavy atom. The number of hydrogen-bond acceptors (Lipinski definition) is 2. The van der Waals surface area contributed by atoms with Crippen LogP contribution >= 0.6 is 23.5 Å². The molecule has 2 unspecified atom stereocenters. The molecule has 0 nitrogen and oxygen atoms in total. The van der Waals surface area contributed by atoms with Gasteiger partial charge in [0.2, 0.25) is 0 Å². The summed E-state index contributed by atoms with van der Waals surface area (Å²) >= 11 is 3.41. The first kappa shape index (κ1) is 19.9. The summed E-state index contributed by atoms with van der Waals surface area (Å²) in [5.41, 5.74) is 9.40. The molecule has 0 N–H and O–H groups in total. The topological polar surface area (TPSA) is 0 Å². The van der Waals surface area contributed by atoms with E-state index in [2.05, 4.69) is 50.7 Å². The molecule has 0 amide bonds. The molecule has 23 heavy (non-hydrogen) atoms. The fraction of sp³-hybridized carbons (Fsp3) is 0.333. The second-order valence-corrected chi connectivity index (χ2v) is 11.4. The smallest absolute Gasteiger partial charge is 1.00 e. The van der Waals surface area contributed by atoms with Crippen LogP contribution in [0.5, 0.6) is 0 Å². The molecule has 0 radical (unpaired) electrons. The Bertz CT molecular complexity index is 676. The van der Waals surface area contributed by atoms with Crippen LogP contribution in [0, 0.1) is 0 Å². The zero-order chi connectivity index (χ0) is 14.7. The van der Waals surface area contributed by atoms with Crippen molar-refractivity contribution in [1.82, 2.24) is 0 Å². The maximum absolute atomic E-state index is 2.47. The summed E-state index contributed by atoms with van der Waals surface area (Å²) in [7, 11) is 0. The Labute approximate surface area is 171 Å². The zero-order valence-corrected chi connectivity index (χ0v) is 19.1. The predicted molar refractivity (Wildman–Crippen MR) is 91.8 cm³/mol. The Morgan fingerprint density at radius 1 is 0.739 bits per heavy atom. The molecule has 0 bridgehead atoms. The summed E-state index contributed by atoms with van der Waals surface area (Å²) in [6.45, 7) is 9.13. The second-order valence-electron chi connectivity index (χ2n) is 6.15. The van der Waals surface area contributed by atoms with Gasteiger partial charge in [0.25, 0.3) is 0 Å². The molecule has 0 aromatic heterocycles. The molecule has 0 fully saturated rings. The molecule has 2 aliphatic carbocycles. The van der Waals surface area contributed by atoms with Gasteiger partial charge in [-0.2, -0.15) is 0 Å². The molecule has 2 aliphatic heterocycles. The van der Waals surface area contributed by atoms with E-state index in [-0.39, 0.29) is 24.8 Å². The van der Waals surface area contributed by atoms with Crippen molar-refractivity contribution < 1.29 is 48.0 Å². The van der Waals surface area contributed by atoms with Crippen molar-refractivity contribution in [3.63, 3.8) is 0 Å². The average Bonchev–Trinajstić information content (AvgIpc) is 3.15. The first-order chi connectivity index (χ1) is 10.1. The third-order valence-corrected chi connectivity index (χ3v) is 11.9. The van der Waals surface area contributed by atoms with Gasteiger partial charge in [0, 0.05) is 0 Å². The van der Waals surface area contributed by atoms with E-state index < -0.39 is 23.2 Å². The molecule has 0 saturated carbocycles. The van der Waals surface area contributed by atoms with E-state index in [1.807, 2.05) is 23.5 Å². The molecular formula is C18H18Cl2S2Zr. The third kappa shape index (κ3) is 3.22. The number of allylic oxidation sites excluding steroid dienone is 6. The molecule has 0 spiro atoms. The van der Waals surface area contributed by atoms with Crippen LogP contribution in [-0.2, 0) is 23.2 Å². The first-order valence-corrected chi connectivity index (χ1v) is 11.7. The molecule has 2 heterocycles. The van der Waals surface area contributed by atoms with Crippen LogP contribution in [0.1, 0.15) is 27.7 Å². The van der Waals surface area contributed by atoms with Crippen LogP contribution < -0.4 is 24.8 Å². The van der Waals surface area contributed by atoms with Crippen molar-refractivity contribution in [2.24, 2.45) is 0 Å². The van der Waals surface area contributed by atoms with Crippen LogP contribution in [0.2, 0.25) is 0 Å². The molecule has 2 atom stereocenters. The maximum Gasteiger partial charge on any atom is -1.00 e. The molecule has 5 heteroatoms. The van der Waals surface area contributed by atoms with E-state index in [1.165, 1.54) is 11.1 Å². The number of hydrogen-bond donors (Lipinski definition) is 0. The SMILES string of the molecule is CC1=C(C)C2SC=[C]([Zr+2][C]3=CSC4C3=CC(C)=C4C)C2=C1.[Cl-].[Cl-]. The monoisotopic (exact) mass is 458 g/mol. The normalized spacial score (nSPS) is 27.5. The van der Waals surface area contributed by atoms with Crippen molar-refractivity contribution in [3.05, 3.63) is 63.0 Å². The van der Waals surface area contributed by atoms with Gasteiger partial charge in [-0.3, -0.25) is 0 Å². The average molecular weight is 461 g/mol. The van der Waals surface area contributed by atoms with E-state index >= 15 is 0 Å². The van der Waals surface area contributed by atoms with Gasteiger partial charge in [-0.05, 0) is 0 Å². The van der Waals surface area contributed by atoms with E-state index in [1.54, 1.807) is 28.9 Å². The van der Waals surface area contributed by atoms with Crippen LogP contribution in [0.25, 0.3) is 0 Å². The van der Waals surface area contributed by atoms with E-state index in [9.17, 15) is 0 Å². The minimum atomic E-state index is -0.659. The molecule has 0 aromatic rings. The van der Waals surface area contributed by atoms with Crippen LogP contribution in [0.15, 0.2) is 63.0 Å². The second kappa shape index (κ2) is 7.46. The summed E-state index contributed by atoms with van der Waals surface area (Å²) in [5, 5.41) is 6.23. The van der Waals surface area contributed by atoms with Crippen molar-refractivity contribution in [2.75, 3.05) is 0 Å². The summed E-state index contributed by atoms with van der Waals surface area (Å²) in [4.78, 5) is 0. The van der Waals surface area contributed by atoms with Crippen molar-refractivity contribution in [1.29, 1.82) is 0 Å². The Morgan fingerprint density at radius 2 is 1.13 bits per heavy atom. The van der Waals surface area contributed by atoms with Crippen molar-refractivity contribution in [2.45, 2.75) is 38.2 Å². The van der Waals surface area contributed by atoms with Gasteiger partial charge in [0.05, 0.1) is 0 Å². The molecule has 0 aromatic carbocycles. The molecule has 4 rings (SSSR count). The van der Waals surface area contributed by atoms with Crippen LogP contribution in [0.4, 0.5) is 0 Å². The van der Waals surface area contributed by atoms with Gasteiger partial charge in [-0.25, -0.2) is 0 Å². The Balaban J connectivity index is 0.000000960. The van der Waals surface area contributed by atoms with Gasteiger partial charge in [-0.1, -0.05) is 0 Å². The van der Waals surface area contributed by atoms with Gasteiger partial charge in [0.1, 0.15) is 0 Å². The summed E-state index contributed by atoms with van der Waals surface area (Å²) in [6.07, 6.45) is 4.90. The van der Waals surface area contributed by atoms with Crippen LogP contribution in [-0.4, -0.2) is 10.5 Å². The summed E-state index contributed by atoms with van der Waals surface area (Å²) < 4.78 is 3.42. The largest absolute Gasteiger partial charge is 1.00 e. The fourth-order valence-electron chi connectivity index (χ4n) is 3.27. The quantitative estimate of drug-likeness (QED) is 0.547. The summed E-state index contributed by atoms with van der Waals surface area (Å²) in [6, 6.07) is 0. The predicted octanol–water partition coefficient (Wildman–Crippen LogP) is -0.457. The van der Waals surface area contributed by atoms with Gasteiger partial charge >= 0.3 is 148 Å². The van der Waals surface area contributed by atoms with Crippen molar-refractivity contribution >= 4 is 23.5 Å².